The Bertz CT molecular complexity index is 715. The van der Waals surface area contributed by atoms with Crippen LogP contribution in [0.15, 0.2) is 24.3 Å². The number of benzene rings is 1. The van der Waals surface area contributed by atoms with Crippen LogP contribution in [-0.4, -0.2) is 60.9 Å². The van der Waals surface area contributed by atoms with E-state index in [1.807, 2.05) is 0 Å². The van der Waals surface area contributed by atoms with Gasteiger partial charge in [-0.25, -0.2) is 4.79 Å². The number of likely N-dealkylation sites (N-methyl/N-ethyl adjacent to an activating group) is 1. The molecule has 8 nitrogen and oxygen atoms in total. The van der Waals surface area contributed by atoms with Crippen LogP contribution in [0.25, 0.3) is 0 Å². The zero-order valence-corrected chi connectivity index (χ0v) is 14.7. The summed E-state index contributed by atoms with van der Waals surface area (Å²) in [4.78, 5) is 38.8. The third-order valence-corrected chi connectivity index (χ3v) is 4.36. The number of rotatable bonds is 5. The van der Waals surface area contributed by atoms with Crippen LogP contribution in [0, 0.1) is 5.41 Å². The van der Waals surface area contributed by atoms with Crippen LogP contribution in [0.3, 0.4) is 0 Å². The summed E-state index contributed by atoms with van der Waals surface area (Å²) in [5.74, 6) is -1.13. The number of carbonyl (C=O) groups is 3. The molecule has 2 rings (SSSR count). The SMILES string of the molecule is CCOC(=N)c1ccc([C@@]2(C)C(=O)N(CC(=O)OC)C(=O)N2C)cc1. The van der Waals surface area contributed by atoms with Gasteiger partial charge in [-0.2, -0.15) is 0 Å². The Kier molecular flexibility index (Phi) is 5.10. The van der Waals surface area contributed by atoms with E-state index >= 15 is 0 Å². The van der Waals surface area contributed by atoms with E-state index in [0.717, 1.165) is 4.90 Å². The average Bonchev–Trinajstić information content (AvgIpc) is 2.78. The maximum Gasteiger partial charge on any atom is 0.328 e. The summed E-state index contributed by atoms with van der Waals surface area (Å²) in [6.45, 7) is 3.36. The van der Waals surface area contributed by atoms with Crippen LogP contribution >= 0.6 is 0 Å². The molecule has 1 fully saturated rings. The highest BCUT2D eigenvalue weighted by molar-refractivity contribution is 6.08. The van der Waals surface area contributed by atoms with Crippen molar-refractivity contribution in [3.05, 3.63) is 35.4 Å². The van der Waals surface area contributed by atoms with Gasteiger partial charge >= 0.3 is 12.0 Å². The van der Waals surface area contributed by atoms with Gasteiger partial charge in [0.15, 0.2) is 0 Å². The molecule has 0 unspecified atom stereocenters. The van der Waals surface area contributed by atoms with Crippen molar-refractivity contribution in [3.63, 3.8) is 0 Å². The Balaban J connectivity index is 2.33. The third-order valence-electron chi connectivity index (χ3n) is 4.36. The normalized spacial score (nSPS) is 20.0. The molecule has 0 bridgehead atoms. The van der Waals surface area contributed by atoms with Crippen LogP contribution in [0.4, 0.5) is 4.79 Å². The zero-order chi connectivity index (χ0) is 18.8. The van der Waals surface area contributed by atoms with Crippen molar-refractivity contribution in [1.29, 1.82) is 5.41 Å². The lowest BCUT2D eigenvalue weighted by molar-refractivity contribution is -0.145. The molecule has 1 saturated heterocycles. The van der Waals surface area contributed by atoms with Crippen molar-refractivity contribution in [2.75, 3.05) is 27.3 Å². The highest BCUT2D eigenvalue weighted by atomic mass is 16.5. The minimum absolute atomic E-state index is 0.0358. The van der Waals surface area contributed by atoms with Crippen LogP contribution in [0.1, 0.15) is 25.0 Å². The summed E-state index contributed by atoms with van der Waals surface area (Å²) < 4.78 is 9.68. The number of ether oxygens (including phenoxy) is 2. The maximum atomic E-state index is 12.8. The fourth-order valence-electron chi connectivity index (χ4n) is 2.69. The van der Waals surface area contributed by atoms with E-state index in [1.165, 1.54) is 19.1 Å². The van der Waals surface area contributed by atoms with Crippen LogP contribution < -0.4 is 0 Å². The Hall–Kier alpha value is -2.90. The molecule has 0 aliphatic carbocycles. The molecule has 8 heteroatoms. The third kappa shape index (κ3) is 3.07. The van der Waals surface area contributed by atoms with E-state index < -0.39 is 30.0 Å². The molecule has 25 heavy (non-hydrogen) atoms. The minimum atomic E-state index is -1.24. The number of hydrogen-bond donors (Lipinski definition) is 1. The zero-order valence-electron chi connectivity index (χ0n) is 14.7. The summed E-state index contributed by atoms with van der Waals surface area (Å²) >= 11 is 0. The van der Waals surface area contributed by atoms with Gasteiger partial charge in [0, 0.05) is 12.6 Å². The van der Waals surface area contributed by atoms with Gasteiger partial charge in [0.25, 0.3) is 5.91 Å². The van der Waals surface area contributed by atoms with Gasteiger partial charge in [-0.3, -0.25) is 19.9 Å². The molecule has 3 amide bonds. The number of esters is 1. The number of hydrogen-bond acceptors (Lipinski definition) is 6. The van der Waals surface area contributed by atoms with Crippen LogP contribution in [-0.2, 0) is 24.6 Å². The molecule has 1 aliphatic heterocycles. The quantitative estimate of drug-likeness (QED) is 0.375. The number of imide groups is 1. The van der Waals surface area contributed by atoms with Crippen molar-refractivity contribution in [1.82, 2.24) is 9.80 Å². The monoisotopic (exact) mass is 347 g/mol. The molecule has 1 aromatic carbocycles. The Labute approximate surface area is 145 Å². The van der Waals surface area contributed by atoms with Gasteiger partial charge < -0.3 is 14.4 Å². The lowest BCUT2D eigenvalue weighted by atomic mass is 9.90. The van der Waals surface area contributed by atoms with E-state index in [4.69, 9.17) is 10.1 Å². The van der Waals surface area contributed by atoms with Crippen molar-refractivity contribution in [2.24, 2.45) is 0 Å². The summed E-state index contributed by atoms with van der Waals surface area (Å²) in [6, 6.07) is 6.10. The Morgan fingerprint density at radius 3 is 2.36 bits per heavy atom. The molecule has 1 atom stereocenters. The second-order valence-corrected chi connectivity index (χ2v) is 5.72. The van der Waals surface area contributed by atoms with E-state index in [2.05, 4.69) is 4.74 Å². The van der Waals surface area contributed by atoms with Gasteiger partial charge in [-0.05, 0) is 31.5 Å². The molecule has 1 aromatic rings. The molecular weight excluding hydrogens is 326 g/mol. The number of nitrogens with one attached hydrogen (secondary N) is 1. The lowest BCUT2D eigenvalue weighted by Crippen LogP contribution is -2.42. The summed E-state index contributed by atoms with van der Waals surface area (Å²) in [6.07, 6.45) is 0. The van der Waals surface area contributed by atoms with Crippen molar-refractivity contribution >= 4 is 23.8 Å². The Morgan fingerprint density at radius 1 is 1.24 bits per heavy atom. The van der Waals surface area contributed by atoms with E-state index in [9.17, 15) is 14.4 Å². The first-order valence-electron chi connectivity index (χ1n) is 7.76. The minimum Gasteiger partial charge on any atom is -0.478 e. The van der Waals surface area contributed by atoms with E-state index in [1.54, 1.807) is 38.1 Å². The summed E-state index contributed by atoms with van der Waals surface area (Å²) in [7, 11) is 2.70. The fraction of sp³-hybridized carbons (Fsp3) is 0.412. The number of methoxy groups -OCH3 is 1. The molecule has 1 N–H and O–H groups in total. The first-order chi connectivity index (χ1) is 11.8. The lowest BCUT2D eigenvalue weighted by Gasteiger charge is -2.29. The average molecular weight is 347 g/mol. The van der Waals surface area contributed by atoms with Crippen LogP contribution in [0.2, 0.25) is 0 Å². The number of carbonyl (C=O) groups excluding carboxylic acids is 3. The fourth-order valence-corrected chi connectivity index (χ4v) is 2.69. The molecule has 0 aromatic heterocycles. The molecule has 0 spiro atoms. The maximum absolute atomic E-state index is 12.8. The topological polar surface area (TPSA) is 100 Å². The van der Waals surface area contributed by atoms with Gasteiger partial charge in [-0.15, -0.1) is 0 Å². The highest BCUT2D eigenvalue weighted by Crippen LogP contribution is 2.36. The van der Waals surface area contributed by atoms with Crippen molar-refractivity contribution in [2.45, 2.75) is 19.4 Å². The summed E-state index contributed by atoms with van der Waals surface area (Å²) in [5.41, 5.74) is -0.0916. The number of nitrogens with zero attached hydrogens (tertiary/aromatic N) is 2. The molecular formula is C17H21N3O5. The molecule has 0 radical (unpaired) electrons. The molecule has 1 heterocycles. The second-order valence-electron chi connectivity index (χ2n) is 5.72. The van der Waals surface area contributed by atoms with E-state index in [0.29, 0.717) is 17.7 Å². The van der Waals surface area contributed by atoms with Gasteiger partial charge in [0.05, 0.1) is 13.7 Å². The van der Waals surface area contributed by atoms with Gasteiger partial charge in [-0.1, -0.05) is 12.1 Å². The predicted octanol–water partition coefficient (Wildman–Crippen LogP) is 1.33. The smallest absolute Gasteiger partial charge is 0.328 e. The number of amides is 3. The standard InChI is InChI=1S/C17H21N3O5/c1-5-25-14(18)11-6-8-12(9-7-11)17(2)15(22)20(10-13(21)24-4)16(23)19(17)3/h6-9,18H,5,10H2,1-4H3/t17-/m0/s1. The largest absolute Gasteiger partial charge is 0.478 e. The summed E-state index contributed by atoms with van der Waals surface area (Å²) in [5, 5.41) is 7.79. The van der Waals surface area contributed by atoms with Crippen molar-refractivity contribution in [3.8, 4) is 0 Å². The molecule has 1 aliphatic rings. The first kappa shape index (κ1) is 18.4. The van der Waals surface area contributed by atoms with E-state index in [-0.39, 0.29) is 5.90 Å². The first-order valence-corrected chi connectivity index (χ1v) is 7.76. The molecule has 134 valence electrons. The van der Waals surface area contributed by atoms with Crippen molar-refractivity contribution < 1.29 is 23.9 Å². The van der Waals surface area contributed by atoms with Crippen LogP contribution in [0.5, 0.6) is 0 Å². The molecule has 0 saturated carbocycles. The Morgan fingerprint density at radius 2 is 1.84 bits per heavy atom. The highest BCUT2D eigenvalue weighted by Gasteiger charge is 2.54. The van der Waals surface area contributed by atoms with Gasteiger partial charge in [0.2, 0.25) is 5.90 Å². The second kappa shape index (κ2) is 6.92. The van der Waals surface area contributed by atoms with Gasteiger partial charge in [0.1, 0.15) is 12.1 Å². The predicted molar refractivity (Wildman–Crippen MR) is 89.1 cm³/mol. The number of urea groups is 1.